The van der Waals surface area contributed by atoms with E-state index in [1.807, 2.05) is 45.4 Å². The van der Waals surface area contributed by atoms with Gasteiger partial charge in [0.25, 0.3) is 0 Å². The Morgan fingerprint density at radius 1 is 0.285 bits per heavy atom. The third-order valence-electron chi connectivity index (χ3n) is 14.7. The van der Waals surface area contributed by atoms with Crippen LogP contribution in [0.25, 0.3) is 0 Å². The van der Waals surface area contributed by atoms with E-state index in [0.717, 1.165) is 18.9 Å². The summed E-state index contributed by atoms with van der Waals surface area (Å²) in [7, 11) is -47.7. The Balaban J connectivity index is -0.000000103. The van der Waals surface area contributed by atoms with E-state index in [0.29, 0.717) is 6.17 Å². The average molecular weight is 2640 g/mol. The molecule has 1 rings (SSSR count). The summed E-state index contributed by atoms with van der Waals surface area (Å²) >= 11 is 5.41. The van der Waals surface area contributed by atoms with Crippen molar-refractivity contribution in [3.63, 3.8) is 0 Å². The summed E-state index contributed by atoms with van der Waals surface area (Å²) in [6.45, 7) is 168. The van der Waals surface area contributed by atoms with Gasteiger partial charge in [0.05, 0.1) is 17.1 Å². The fraction of sp³-hybridized carbons (Fsp3) is 0.975. The minimum absolute atomic E-state index is 0. The monoisotopic (exact) mass is 2630 g/mol. The molecule has 0 aromatic rings. The van der Waals surface area contributed by atoms with Crippen LogP contribution in [0, 0.1) is 0 Å². The van der Waals surface area contributed by atoms with Gasteiger partial charge in [-0.3, -0.25) is 0 Å². The van der Waals surface area contributed by atoms with E-state index in [2.05, 4.69) is 419 Å². The summed E-state index contributed by atoms with van der Waals surface area (Å²) in [5.74, 6) is 0. The van der Waals surface area contributed by atoms with Crippen molar-refractivity contribution < 1.29 is 154 Å². The van der Waals surface area contributed by atoms with Crippen molar-refractivity contribution in [1.82, 2.24) is 12.7 Å². The average Bonchev–Trinajstić information content (AvgIpc) is 0.790. The standard InChI is InChI=1S/2C14H41NO2Si5.C9H23NSi2.C8H25NO2Si3.2C7H22O2Si3.C6H18O3Si3.2C5H15O2Si2.C3H9OSi.C2H7ClSi.3Li.Pt/c2*1-18(2,3)15(19(4,5)6)14-21(10,11)17-22(12,13)16-20(7,8)9;1-8-9-10(11(2,3)4)12(5,6)7;1-12(2,3)10-14(6,7)11-13(4,5)8-9;2*1-10(2)8-12(6,7)9-11(3,4)5;1-10(2)7-11(3,4)9-12(5,6)8-10;2*1-8(2,3)7-9(4,5)6;1-5(2,3)4;1-4(2)3;;;;/h2*14H2,1-13H3;8H,1,9H2,2-7H3;8-9H2,1-7H3;2*10H,1-7H3;1-6H3;2*1-5H3;1-3H3;4H,1-2H3;;;;/q;;;;;;;3*-1;;3*+1;. The van der Waals surface area contributed by atoms with Crippen LogP contribution in [0.5, 0.6) is 0 Å². The molecule has 22 nitrogen and oxygen atoms in total. The van der Waals surface area contributed by atoms with E-state index in [-0.39, 0.29) is 77.6 Å². The Labute approximate surface area is 947 Å². The Morgan fingerprint density at radius 3 is 0.533 bits per heavy atom. The van der Waals surface area contributed by atoms with Crippen LogP contribution in [0.2, 0.25) is 484 Å². The number of hydrogen-bond donors (Lipinski definition) is 1. The zero-order valence-electron chi connectivity index (χ0n) is 106. The van der Waals surface area contributed by atoms with E-state index in [4.69, 9.17) is 78.5 Å². The molecule has 137 heavy (non-hydrogen) atoms. The number of hydrogen-bond acceptors (Lipinski definition) is 22. The van der Waals surface area contributed by atoms with Gasteiger partial charge in [0.1, 0.15) is 57.5 Å². The van der Waals surface area contributed by atoms with Crippen LogP contribution in [0.1, 0.15) is 0 Å². The third kappa shape index (κ3) is 133. The summed E-state index contributed by atoms with van der Waals surface area (Å²) in [5, 5.41) is 0. The Kier molecular flexibility index (Phi) is 87.2. The smallest absolute Gasteiger partial charge is 0.859 e. The van der Waals surface area contributed by atoms with E-state index in [1.54, 1.807) is 45.8 Å². The normalized spacial score (nSPS) is 15.4. The van der Waals surface area contributed by atoms with E-state index in [9.17, 15) is 14.4 Å². The molecule has 0 aromatic heterocycles. The first-order valence-corrected chi connectivity index (χ1v) is 144. The maximum Gasteiger partial charge on any atom is 1.00 e. The topological polar surface area (TPSA) is 243 Å². The second-order valence-corrected chi connectivity index (χ2v) is 182. The summed E-state index contributed by atoms with van der Waals surface area (Å²) < 4.78 is 99.1. The van der Waals surface area contributed by atoms with Crippen molar-refractivity contribution >= 4 is 264 Å². The molecule has 0 spiro atoms. The molecule has 0 aromatic carbocycles. The zero-order chi connectivity index (χ0) is 111. The first-order valence-electron chi connectivity index (χ1n) is 49.1. The molecular weight excluding hydrogens is 2400 g/mol. The molecule has 0 aliphatic carbocycles. The molecular formula is C80H238ClLi3N4O18PtSi30. The van der Waals surface area contributed by atoms with Crippen molar-refractivity contribution in [2.75, 3.05) is 25.0 Å². The van der Waals surface area contributed by atoms with Gasteiger partial charge in [-0.2, -0.15) is 11.1 Å². The van der Waals surface area contributed by atoms with Gasteiger partial charge in [-0.15, -0.1) is 6.58 Å². The van der Waals surface area contributed by atoms with Crippen molar-refractivity contribution in [3.05, 3.63) is 12.7 Å². The van der Waals surface area contributed by atoms with Crippen molar-refractivity contribution in [1.29, 1.82) is 0 Å². The van der Waals surface area contributed by atoms with Crippen LogP contribution in [0.4, 0.5) is 0 Å². The molecule has 1 aliphatic rings. The van der Waals surface area contributed by atoms with E-state index in [1.165, 1.54) is 0 Å². The summed E-state index contributed by atoms with van der Waals surface area (Å²) in [4.78, 5) is 32.4. The van der Waals surface area contributed by atoms with E-state index >= 15 is 0 Å². The molecule has 826 valence electrons. The molecule has 2 N–H and O–H groups in total. The molecule has 0 unspecified atom stereocenters. The maximum atomic E-state index is 11.1. The second-order valence-electron chi connectivity index (χ2n) is 56.2. The summed E-state index contributed by atoms with van der Waals surface area (Å²) in [6, 6.07) is 0. The molecule has 1 heterocycles. The Hall–Kier alpha value is 8.14. The predicted octanol–water partition coefficient (Wildman–Crippen LogP) is 17.4. The minimum Gasteiger partial charge on any atom is -0.859 e. The number of halogens is 1. The molecule has 1 aliphatic heterocycles. The minimum atomic E-state index is -2.48. The van der Waals surface area contributed by atoms with Gasteiger partial charge in [-0.1, -0.05) is 191 Å². The number of rotatable bonds is 37. The van der Waals surface area contributed by atoms with Crippen LogP contribution in [-0.2, 0) is 82.8 Å². The number of nitrogens with two attached hydrogens (primary N) is 1. The Morgan fingerprint density at radius 2 is 0.431 bits per heavy atom. The largest absolute Gasteiger partial charge is 1.00 e. The SMILES string of the molecule is C=CCN([Si](C)(C)C)[Si](C)(C)C.C[SiH](C)Cl.C[SiH](C)O[Si](C)(C)O[Si](C)(C)C.C[SiH](C)O[Si](C)(C)O[Si](C)(C)C.C[Si](C)(C)O[Si](C)(C)O[Si](C)(C)CN.C[Si](C)(C)O[Si](C)(C)O[Si](C)(C)CN([Si](C)(C)C)[Si](C)(C)C.C[Si](C)(C)O[Si](C)(C)O[Si](C)(C)CN([Si](C)(C)C)[Si](C)(C)C.C[Si](C)(C)O[Si](C)(C)[O-].C[Si](C)(C)O[Si](C)(C)[O-].C[Si](C)(C)[O-].C[Si]1(C)O[Si](C)(C)O[Si](C)(C)O1.[Li+].[Li+].[Li+].[Pt]. The molecule has 0 bridgehead atoms. The van der Waals surface area contributed by atoms with Crippen molar-refractivity contribution in [2.45, 2.75) is 484 Å². The fourth-order valence-corrected chi connectivity index (χ4v) is 141. The first-order chi connectivity index (χ1) is 56.2. The fourth-order valence-electron chi connectivity index (χ4n) is 15.8. The molecule has 0 radical (unpaired) electrons. The van der Waals surface area contributed by atoms with Crippen molar-refractivity contribution in [2.24, 2.45) is 5.73 Å². The van der Waals surface area contributed by atoms with Crippen LogP contribution in [0.15, 0.2) is 12.7 Å². The van der Waals surface area contributed by atoms with Gasteiger partial charge >= 0.3 is 125 Å². The Bertz CT molecular complexity index is 2850. The van der Waals surface area contributed by atoms with Crippen molar-refractivity contribution in [3.8, 4) is 0 Å². The van der Waals surface area contributed by atoms with Crippen LogP contribution in [0.3, 0.4) is 0 Å². The van der Waals surface area contributed by atoms with Gasteiger partial charge < -0.3 is 94.5 Å². The van der Waals surface area contributed by atoms with Gasteiger partial charge in [0.2, 0.25) is 0 Å². The van der Waals surface area contributed by atoms with Crippen LogP contribution < -0.4 is 76.7 Å². The molecule has 1 fully saturated rings. The molecule has 57 heteroatoms. The maximum absolute atomic E-state index is 11.1. The van der Waals surface area contributed by atoms with Crippen LogP contribution in [-0.4, -0.2) is 290 Å². The van der Waals surface area contributed by atoms with Gasteiger partial charge in [0, 0.05) is 46.1 Å². The van der Waals surface area contributed by atoms with Gasteiger partial charge in [-0.25, -0.2) is 0 Å². The van der Waals surface area contributed by atoms with Gasteiger partial charge in [-0.05, 0) is 308 Å². The first kappa shape index (κ1) is 175. The quantitative estimate of drug-likeness (QED) is 0.0345. The molecule has 0 atom stereocenters. The van der Waals surface area contributed by atoms with Crippen LogP contribution >= 0.6 is 11.1 Å². The summed E-state index contributed by atoms with van der Waals surface area (Å²) in [5.41, 5.74) is 5.69. The van der Waals surface area contributed by atoms with Gasteiger partial charge in [0.15, 0.2) is 101 Å². The molecule has 0 saturated carbocycles. The number of nitrogens with zero attached hydrogens (tertiary/aromatic N) is 3. The summed E-state index contributed by atoms with van der Waals surface area (Å²) in [6.07, 6.45) is 5.02. The third-order valence-corrected chi connectivity index (χ3v) is 105. The molecule has 1 saturated heterocycles. The zero-order valence-corrected chi connectivity index (χ0v) is 140. The second kappa shape index (κ2) is 68.2. The molecule has 0 amide bonds. The van der Waals surface area contributed by atoms with E-state index < -0.39 is 253 Å². The predicted molar refractivity (Wildman–Crippen MR) is 672 cm³/mol.